The number of aromatic nitrogens is 3. The van der Waals surface area contributed by atoms with Gasteiger partial charge in [0.1, 0.15) is 6.33 Å². The summed E-state index contributed by atoms with van der Waals surface area (Å²) in [5.41, 5.74) is 0.822. The van der Waals surface area contributed by atoms with E-state index in [1.807, 2.05) is 30.3 Å². The molecule has 2 aromatic rings. The molecule has 3 rings (SSSR count). The maximum absolute atomic E-state index is 12.3. The summed E-state index contributed by atoms with van der Waals surface area (Å²) in [5, 5.41) is 4.12. The molecule has 1 aromatic heterocycles. The first kappa shape index (κ1) is 15.2. The average Bonchev–Trinajstić information content (AvgIpc) is 3.20. The Labute approximate surface area is 131 Å². The molecule has 0 bridgehead atoms. The topological polar surface area (TPSA) is 64.8 Å². The van der Waals surface area contributed by atoms with Gasteiger partial charge in [-0.05, 0) is 18.8 Å². The molecule has 0 radical (unpaired) electrons. The van der Waals surface area contributed by atoms with Gasteiger partial charge >= 0.3 is 0 Å². The van der Waals surface area contributed by atoms with Crippen LogP contribution in [0.4, 0.5) is 0 Å². The molecule has 1 fully saturated rings. The number of rotatable bonds is 6. The van der Waals surface area contributed by atoms with Crippen molar-refractivity contribution in [2.45, 2.75) is 38.5 Å². The second-order valence-electron chi connectivity index (χ2n) is 5.92. The summed E-state index contributed by atoms with van der Waals surface area (Å²) in [7, 11) is -3.40. The van der Waals surface area contributed by atoms with Crippen molar-refractivity contribution in [3.8, 4) is 11.4 Å². The van der Waals surface area contributed by atoms with Crippen molar-refractivity contribution in [1.29, 1.82) is 0 Å². The van der Waals surface area contributed by atoms with Crippen LogP contribution in [0.1, 0.15) is 38.5 Å². The van der Waals surface area contributed by atoms with E-state index >= 15 is 0 Å². The van der Waals surface area contributed by atoms with E-state index in [1.165, 1.54) is 32.0 Å². The molecule has 0 N–H and O–H groups in total. The summed E-state index contributed by atoms with van der Waals surface area (Å²) in [5.74, 6) is 1.30. The quantitative estimate of drug-likeness (QED) is 0.820. The Morgan fingerprint density at radius 1 is 1.14 bits per heavy atom. The second kappa shape index (κ2) is 6.60. The lowest BCUT2D eigenvalue weighted by molar-refractivity contribution is 0.492. The molecule has 118 valence electrons. The maximum atomic E-state index is 12.3. The van der Waals surface area contributed by atoms with Gasteiger partial charge in [-0.2, -0.15) is 0 Å². The van der Waals surface area contributed by atoms with Crippen LogP contribution in [0.5, 0.6) is 0 Å². The van der Waals surface area contributed by atoms with Crippen LogP contribution in [-0.4, -0.2) is 28.3 Å². The van der Waals surface area contributed by atoms with E-state index in [2.05, 4.69) is 10.1 Å². The number of benzene rings is 1. The van der Waals surface area contributed by atoms with E-state index in [1.54, 1.807) is 0 Å². The Kier molecular flexibility index (Phi) is 4.57. The van der Waals surface area contributed by atoms with E-state index in [4.69, 9.17) is 0 Å². The molecule has 0 amide bonds. The Morgan fingerprint density at radius 2 is 1.86 bits per heavy atom. The summed E-state index contributed by atoms with van der Waals surface area (Å²) < 4.78 is 25.6. The van der Waals surface area contributed by atoms with Gasteiger partial charge in [0.15, 0.2) is 5.82 Å². The molecular weight excluding hydrogens is 298 g/mol. The van der Waals surface area contributed by atoms with Crippen LogP contribution in [0.15, 0.2) is 36.7 Å². The van der Waals surface area contributed by atoms with Crippen molar-refractivity contribution in [3.05, 3.63) is 36.7 Å². The van der Waals surface area contributed by atoms with E-state index in [0.29, 0.717) is 18.2 Å². The fourth-order valence-corrected chi connectivity index (χ4v) is 4.16. The largest absolute Gasteiger partial charge is 0.255 e. The fourth-order valence-electron chi connectivity index (χ4n) is 3.05. The van der Waals surface area contributed by atoms with Gasteiger partial charge in [-0.1, -0.05) is 56.0 Å². The van der Waals surface area contributed by atoms with Crippen LogP contribution in [0.2, 0.25) is 0 Å². The highest BCUT2D eigenvalue weighted by atomic mass is 32.2. The molecule has 1 aliphatic carbocycles. The van der Waals surface area contributed by atoms with Crippen molar-refractivity contribution >= 4 is 10.0 Å². The summed E-state index contributed by atoms with van der Waals surface area (Å²) >= 11 is 0. The highest BCUT2D eigenvalue weighted by molar-refractivity contribution is 7.89. The molecule has 1 saturated carbocycles. The predicted octanol–water partition coefficient (Wildman–Crippen LogP) is 3.09. The molecule has 0 saturated heterocycles. The van der Waals surface area contributed by atoms with E-state index < -0.39 is 10.0 Å². The van der Waals surface area contributed by atoms with Gasteiger partial charge in [-0.25, -0.2) is 13.4 Å². The third kappa shape index (κ3) is 3.55. The second-order valence-corrected chi connectivity index (χ2v) is 7.86. The van der Waals surface area contributed by atoms with E-state index in [0.717, 1.165) is 16.1 Å². The lowest BCUT2D eigenvalue weighted by atomic mass is 10.0. The molecule has 1 aromatic carbocycles. The fraction of sp³-hybridized carbons (Fsp3) is 0.500. The predicted molar refractivity (Wildman–Crippen MR) is 85.8 cm³/mol. The average molecular weight is 319 g/mol. The minimum Gasteiger partial charge on any atom is -0.214 e. The summed E-state index contributed by atoms with van der Waals surface area (Å²) in [6.45, 7) is 0. The van der Waals surface area contributed by atoms with E-state index in [-0.39, 0.29) is 5.75 Å². The molecule has 0 spiro atoms. The summed E-state index contributed by atoms with van der Waals surface area (Å²) in [6, 6.07) is 9.40. The zero-order chi connectivity index (χ0) is 15.4. The zero-order valence-electron chi connectivity index (χ0n) is 12.6. The molecule has 22 heavy (non-hydrogen) atoms. The van der Waals surface area contributed by atoms with Gasteiger partial charge in [0, 0.05) is 5.56 Å². The molecule has 1 aliphatic rings. The maximum Gasteiger partial charge on any atom is 0.255 e. The molecule has 0 unspecified atom stereocenters. The van der Waals surface area contributed by atoms with Gasteiger partial charge in [-0.3, -0.25) is 0 Å². The minimum atomic E-state index is -3.40. The first-order valence-corrected chi connectivity index (χ1v) is 9.46. The third-order valence-electron chi connectivity index (χ3n) is 4.28. The van der Waals surface area contributed by atoms with Crippen molar-refractivity contribution in [1.82, 2.24) is 14.2 Å². The molecule has 0 atom stereocenters. The Balaban J connectivity index is 1.63. The molecule has 5 nitrogen and oxygen atoms in total. The molecule has 6 heteroatoms. The van der Waals surface area contributed by atoms with Gasteiger partial charge in [-0.15, -0.1) is 9.19 Å². The molecule has 0 aliphatic heterocycles. The van der Waals surface area contributed by atoms with Gasteiger partial charge in [0.05, 0.1) is 5.75 Å². The number of nitrogens with zero attached hydrogens (tertiary/aromatic N) is 3. The normalized spacial score (nSPS) is 16.2. The summed E-state index contributed by atoms with van der Waals surface area (Å²) in [6.07, 6.45) is 8.09. The minimum absolute atomic E-state index is 0.140. The lowest BCUT2D eigenvalue weighted by Crippen LogP contribution is -2.17. The SMILES string of the molecule is O=S(=O)(CCCC1CCCC1)n1cnc(-c2ccccc2)n1. The van der Waals surface area contributed by atoms with Crippen LogP contribution >= 0.6 is 0 Å². The van der Waals surface area contributed by atoms with Crippen LogP contribution in [0, 0.1) is 5.92 Å². The Morgan fingerprint density at radius 3 is 2.59 bits per heavy atom. The van der Waals surface area contributed by atoms with Crippen molar-refractivity contribution < 1.29 is 8.42 Å². The van der Waals surface area contributed by atoms with Crippen molar-refractivity contribution in [2.75, 3.05) is 5.75 Å². The highest BCUT2D eigenvalue weighted by Gasteiger charge is 2.19. The van der Waals surface area contributed by atoms with Gasteiger partial charge in [0.25, 0.3) is 10.0 Å². The standard InChI is InChI=1S/C16H21N3O2S/c20-22(21,12-6-9-14-7-4-5-8-14)19-13-17-16(18-19)15-10-2-1-3-11-15/h1-3,10-11,13-14H,4-9,12H2. The smallest absolute Gasteiger partial charge is 0.214 e. The third-order valence-corrected chi connectivity index (χ3v) is 5.83. The van der Waals surface area contributed by atoms with Crippen molar-refractivity contribution in [3.63, 3.8) is 0 Å². The highest BCUT2D eigenvalue weighted by Crippen LogP contribution is 2.28. The Bertz CT molecular complexity index is 704. The monoisotopic (exact) mass is 319 g/mol. The van der Waals surface area contributed by atoms with Crippen molar-refractivity contribution in [2.24, 2.45) is 5.92 Å². The first-order valence-electron chi connectivity index (χ1n) is 7.85. The zero-order valence-corrected chi connectivity index (χ0v) is 13.4. The summed E-state index contributed by atoms with van der Waals surface area (Å²) in [4.78, 5) is 4.11. The lowest BCUT2D eigenvalue weighted by Gasteiger charge is -2.08. The number of hydrogen-bond acceptors (Lipinski definition) is 4. The van der Waals surface area contributed by atoms with Crippen LogP contribution in [0.3, 0.4) is 0 Å². The van der Waals surface area contributed by atoms with Crippen LogP contribution in [0.25, 0.3) is 11.4 Å². The first-order chi connectivity index (χ1) is 10.6. The van der Waals surface area contributed by atoms with Gasteiger partial charge in [0.2, 0.25) is 0 Å². The molecule has 1 heterocycles. The number of hydrogen-bond donors (Lipinski definition) is 0. The van der Waals surface area contributed by atoms with Gasteiger partial charge < -0.3 is 0 Å². The van der Waals surface area contributed by atoms with Crippen LogP contribution in [-0.2, 0) is 10.0 Å². The van der Waals surface area contributed by atoms with Crippen LogP contribution < -0.4 is 0 Å². The Hall–Kier alpha value is -1.69. The van der Waals surface area contributed by atoms with E-state index in [9.17, 15) is 8.42 Å². The molecular formula is C16H21N3O2S.